The van der Waals surface area contributed by atoms with Crippen molar-refractivity contribution in [3.63, 3.8) is 0 Å². The first-order chi connectivity index (χ1) is 10.5. The van der Waals surface area contributed by atoms with E-state index in [-0.39, 0.29) is 17.4 Å². The number of sulfonamides is 1. The van der Waals surface area contributed by atoms with Crippen molar-refractivity contribution in [3.05, 3.63) is 24.3 Å². The number of para-hydroxylation sites is 1. The summed E-state index contributed by atoms with van der Waals surface area (Å²) in [6.45, 7) is 2.26. The van der Waals surface area contributed by atoms with Gasteiger partial charge in [-0.05, 0) is 37.8 Å². The topological polar surface area (TPSA) is 75.6 Å². The molecule has 0 unspecified atom stereocenters. The summed E-state index contributed by atoms with van der Waals surface area (Å²) in [6, 6.07) is 6.55. The second-order valence-electron chi connectivity index (χ2n) is 5.70. The van der Waals surface area contributed by atoms with E-state index in [1.165, 1.54) is 12.5 Å². The van der Waals surface area contributed by atoms with Crippen LogP contribution in [0.5, 0.6) is 5.75 Å². The van der Waals surface area contributed by atoms with Gasteiger partial charge in [0.15, 0.2) is 0 Å². The van der Waals surface area contributed by atoms with Crippen molar-refractivity contribution in [2.24, 2.45) is 5.92 Å². The van der Waals surface area contributed by atoms with Gasteiger partial charge in [0, 0.05) is 6.54 Å². The first-order valence-corrected chi connectivity index (χ1v) is 9.42. The molecule has 0 amide bonds. The third-order valence-electron chi connectivity index (χ3n) is 4.11. The van der Waals surface area contributed by atoms with E-state index in [0.717, 1.165) is 25.7 Å². The Morgan fingerprint density at radius 3 is 2.64 bits per heavy atom. The molecular weight excluding hydrogens is 302 g/mol. The van der Waals surface area contributed by atoms with Crippen LogP contribution in [0.25, 0.3) is 0 Å². The minimum atomic E-state index is -3.68. The lowest BCUT2D eigenvalue weighted by Crippen LogP contribution is -2.37. The molecule has 1 saturated carbocycles. The van der Waals surface area contributed by atoms with Gasteiger partial charge in [-0.3, -0.25) is 0 Å². The Hall–Kier alpha value is -1.11. The normalized spacial score (nSPS) is 18.1. The maximum absolute atomic E-state index is 12.4. The van der Waals surface area contributed by atoms with E-state index in [1.54, 1.807) is 18.2 Å². The molecule has 0 bridgehead atoms. The Kier molecular flexibility index (Phi) is 6.23. The predicted molar refractivity (Wildman–Crippen MR) is 85.4 cm³/mol. The summed E-state index contributed by atoms with van der Waals surface area (Å²) >= 11 is 0. The Balaban J connectivity index is 2.01. The predicted octanol–water partition coefficient (Wildman–Crippen LogP) is 2.30. The molecule has 0 aliphatic heterocycles. The van der Waals surface area contributed by atoms with Crippen molar-refractivity contribution in [2.45, 2.75) is 50.0 Å². The number of aliphatic hydroxyl groups is 1. The van der Waals surface area contributed by atoms with Crippen LogP contribution in [0.15, 0.2) is 29.2 Å². The minimum Gasteiger partial charge on any atom is -0.492 e. The van der Waals surface area contributed by atoms with Crippen molar-refractivity contribution in [2.75, 3.05) is 13.2 Å². The molecule has 1 aromatic rings. The zero-order valence-corrected chi connectivity index (χ0v) is 13.8. The first-order valence-electron chi connectivity index (χ1n) is 7.94. The molecular formula is C16H25NO4S. The smallest absolute Gasteiger partial charge is 0.244 e. The zero-order valence-electron chi connectivity index (χ0n) is 13.0. The highest BCUT2D eigenvalue weighted by atomic mass is 32.2. The van der Waals surface area contributed by atoms with E-state index in [1.807, 2.05) is 6.92 Å². The molecule has 1 aromatic carbocycles. The van der Waals surface area contributed by atoms with Crippen molar-refractivity contribution >= 4 is 10.0 Å². The van der Waals surface area contributed by atoms with Crippen molar-refractivity contribution < 1.29 is 18.3 Å². The molecule has 0 heterocycles. The Bertz CT molecular complexity index is 567. The SMILES string of the molecule is CCOc1ccccc1S(=O)(=O)NC[C@@H](O)C1CCCCC1. The van der Waals surface area contributed by atoms with Crippen LogP contribution < -0.4 is 9.46 Å². The molecule has 0 radical (unpaired) electrons. The first kappa shape index (κ1) is 17.2. The molecule has 1 fully saturated rings. The lowest BCUT2D eigenvalue weighted by molar-refractivity contribution is 0.0888. The summed E-state index contributed by atoms with van der Waals surface area (Å²) in [5.41, 5.74) is 0. The molecule has 2 rings (SSSR count). The van der Waals surface area contributed by atoms with Crippen LogP contribution in [0, 0.1) is 5.92 Å². The Labute approximate surface area is 132 Å². The van der Waals surface area contributed by atoms with E-state index < -0.39 is 16.1 Å². The van der Waals surface area contributed by atoms with Gasteiger partial charge < -0.3 is 9.84 Å². The molecule has 6 heteroatoms. The van der Waals surface area contributed by atoms with Gasteiger partial charge in [-0.2, -0.15) is 0 Å². The number of benzene rings is 1. The fraction of sp³-hybridized carbons (Fsp3) is 0.625. The number of hydrogen-bond donors (Lipinski definition) is 2. The number of nitrogens with one attached hydrogen (secondary N) is 1. The van der Waals surface area contributed by atoms with Crippen LogP contribution >= 0.6 is 0 Å². The van der Waals surface area contributed by atoms with Gasteiger partial charge >= 0.3 is 0 Å². The average molecular weight is 327 g/mol. The fourth-order valence-corrected chi connectivity index (χ4v) is 4.10. The van der Waals surface area contributed by atoms with Crippen molar-refractivity contribution in [1.29, 1.82) is 0 Å². The van der Waals surface area contributed by atoms with Crippen LogP contribution in [0.3, 0.4) is 0 Å². The largest absolute Gasteiger partial charge is 0.492 e. The maximum Gasteiger partial charge on any atom is 0.244 e. The van der Waals surface area contributed by atoms with Gasteiger partial charge in [0.05, 0.1) is 12.7 Å². The monoisotopic (exact) mass is 327 g/mol. The summed E-state index contributed by atoms with van der Waals surface area (Å²) in [5.74, 6) is 0.531. The van der Waals surface area contributed by atoms with E-state index in [0.29, 0.717) is 12.4 Å². The number of hydrogen-bond acceptors (Lipinski definition) is 4. The van der Waals surface area contributed by atoms with Crippen LogP contribution in [-0.2, 0) is 10.0 Å². The van der Waals surface area contributed by atoms with E-state index >= 15 is 0 Å². The molecule has 22 heavy (non-hydrogen) atoms. The lowest BCUT2D eigenvalue weighted by Gasteiger charge is -2.26. The van der Waals surface area contributed by atoms with Crippen LogP contribution in [0.1, 0.15) is 39.0 Å². The van der Waals surface area contributed by atoms with Gasteiger partial charge in [0.2, 0.25) is 10.0 Å². The van der Waals surface area contributed by atoms with Crippen LogP contribution in [0.2, 0.25) is 0 Å². The fourth-order valence-electron chi connectivity index (χ4n) is 2.91. The highest BCUT2D eigenvalue weighted by molar-refractivity contribution is 7.89. The van der Waals surface area contributed by atoms with Gasteiger partial charge in [-0.1, -0.05) is 31.4 Å². The summed E-state index contributed by atoms with van der Waals surface area (Å²) in [6.07, 6.45) is 4.74. The van der Waals surface area contributed by atoms with Gasteiger partial charge in [-0.25, -0.2) is 13.1 Å². The molecule has 0 saturated heterocycles. The molecule has 0 aromatic heterocycles. The second-order valence-corrected chi connectivity index (χ2v) is 7.43. The molecule has 0 spiro atoms. The van der Waals surface area contributed by atoms with E-state index in [2.05, 4.69) is 4.72 Å². The molecule has 124 valence electrons. The number of aliphatic hydroxyl groups excluding tert-OH is 1. The second kappa shape index (κ2) is 7.94. The molecule has 5 nitrogen and oxygen atoms in total. The van der Waals surface area contributed by atoms with E-state index in [4.69, 9.17) is 4.74 Å². The van der Waals surface area contributed by atoms with Crippen molar-refractivity contribution in [3.8, 4) is 5.75 Å². The van der Waals surface area contributed by atoms with Gasteiger partial charge in [0.1, 0.15) is 10.6 Å². The highest BCUT2D eigenvalue weighted by Crippen LogP contribution is 2.27. The summed E-state index contributed by atoms with van der Waals surface area (Å²) in [7, 11) is -3.68. The van der Waals surface area contributed by atoms with Crippen LogP contribution in [0.4, 0.5) is 0 Å². The minimum absolute atomic E-state index is 0.0491. The zero-order chi connectivity index (χ0) is 16.0. The molecule has 2 N–H and O–H groups in total. The standard InChI is InChI=1S/C16H25NO4S/c1-2-21-15-10-6-7-11-16(15)22(19,20)17-12-14(18)13-8-4-3-5-9-13/h6-7,10-11,13-14,17-18H,2-5,8-9,12H2,1H3/t14-/m1/s1. The molecule has 1 aliphatic carbocycles. The molecule has 1 atom stereocenters. The third kappa shape index (κ3) is 4.44. The van der Waals surface area contributed by atoms with Gasteiger partial charge in [-0.15, -0.1) is 0 Å². The summed E-state index contributed by atoms with van der Waals surface area (Å²) in [5, 5.41) is 10.2. The lowest BCUT2D eigenvalue weighted by atomic mass is 9.85. The maximum atomic E-state index is 12.4. The van der Waals surface area contributed by atoms with Crippen LogP contribution in [-0.4, -0.2) is 32.8 Å². The quantitative estimate of drug-likeness (QED) is 0.806. The van der Waals surface area contributed by atoms with E-state index in [9.17, 15) is 13.5 Å². The Morgan fingerprint density at radius 1 is 1.27 bits per heavy atom. The van der Waals surface area contributed by atoms with Gasteiger partial charge in [0.25, 0.3) is 0 Å². The number of rotatable bonds is 7. The number of ether oxygens (including phenoxy) is 1. The highest BCUT2D eigenvalue weighted by Gasteiger charge is 2.25. The molecule has 1 aliphatic rings. The van der Waals surface area contributed by atoms with Crippen molar-refractivity contribution in [1.82, 2.24) is 4.72 Å². The Morgan fingerprint density at radius 2 is 1.95 bits per heavy atom. The third-order valence-corrected chi connectivity index (χ3v) is 5.58. The summed E-state index contributed by atoms with van der Waals surface area (Å²) < 4.78 is 32.7. The summed E-state index contributed by atoms with van der Waals surface area (Å²) in [4.78, 5) is 0.118. The average Bonchev–Trinajstić information content (AvgIpc) is 2.54.